The molecule has 2 aromatic rings. The summed E-state index contributed by atoms with van der Waals surface area (Å²) in [5.41, 5.74) is 3.60. The van der Waals surface area contributed by atoms with Crippen molar-refractivity contribution in [3.05, 3.63) is 64.7 Å². The van der Waals surface area contributed by atoms with E-state index in [2.05, 4.69) is 5.32 Å². The number of amides is 1. The van der Waals surface area contributed by atoms with Gasteiger partial charge < -0.3 is 11.1 Å². The van der Waals surface area contributed by atoms with Crippen LogP contribution in [0.5, 0.6) is 0 Å². The summed E-state index contributed by atoms with van der Waals surface area (Å²) in [6, 6.07) is 9.78. The molecule has 0 radical (unpaired) electrons. The maximum Gasteiger partial charge on any atom is 0.247 e. The zero-order valence-corrected chi connectivity index (χ0v) is 11.9. The van der Waals surface area contributed by atoms with Gasteiger partial charge in [-0.05, 0) is 37.3 Å². The van der Waals surface area contributed by atoms with Crippen molar-refractivity contribution in [1.82, 2.24) is 0 Å². The summed E-state index contributed by atoms with van der Waals surface area (Å²) in [4.78, 5) is 11.8. The lowest BCUT2D eigenvalue weighted by atomic mass is 9.89. The lowest BCUT2D eigenvalue weighted by molar-refractivity contribution is -0.122. The van der Waals surface area contributed by atoms with Gasteiger partial charge >= 0.3 is 0 Å². The Bertz CT molecular complexity index is 673. The SMILES string of the molecule is CC(Nc1cccc(Cl)c1)(C(N)=O)c1c(F)cccc1F. The smallest absolute Gasteiger partial charge is 0.247 e. The van der Waals surface area contributed by atoms with Crippen LogP contribution in [0.15, 0.2) is 42.5 Å². The third-order valence-corrected chi connectivity index (χ3v) is 3.41. The Labute approximate surface area is 125 Å². The fraction of sp³-hybridized carbons (Fsp3) is 0.133. The van der Waals surface area contributed by atoms with Crippen LogP contribution in [0, 0.1) is 11.6 Å². The number of anilines is 1. The molecular formula is C15H13ClF2N2O. The number of benzene rings is 2. The monoisotopic (exact) mass is 310 g/mol. The molecule has 0 fully saturated rings. The van der Waals surface area contributed by atoms with E-state index in [0.29, 0.717) is 10.7 Å². The highest BCUT2D eigenvalue weighted by Crippen LogP contribution is 2.31. The van der Waals surface area contributed by atoms with Crippen LogP contribution in [0.2, 0.25) is 5.02 Å². The summed E-state index contributed by atoms with van der Waals surface area (Å²) in [7, 11) is 0. The van der Waals surface area contributed by atoms with Crippen LogP contribution in [0.1, 0.15) is 12.5 Å². The third-order valence-electron chi connectivity index (χ3n) is 3.17. The molecule has 110 valence electrons. The Hall–Kier alpha value is -2.14. The predicted molar refractivity (Wildman–Crippen MR) is 78.0 cm³/mol. The molecule has 0 saturated carbocycles. The molecule has 0 aliphatic carbocycles. The number of halogens is 3. The first kappa shape index (κ1) is 15.3. The molecule has 0 spiro atoms. The van der Waals surface area contributed by atoms with E-state index < -0.39 is 28.6 Å². The van der Waals surface area contributed by atoms with Crippen LogP contribution in [0.25, 0.3) is 0 Å². The Balaban J connectivity index is 2.53. The van der Waals surface area contributed by atoms with Gasteiger partial charge in [0.1, 0.15) is 17.2 Å². The average molecular weight is 311 g/mol. The molecule has 0 heterocycles. The maximum absolute atomic E-state index is 14.0. The summed E-state index contributed by atoms with van der Waals surface area (Å²) in [6.07, 6.45) is 0. The normalized spacial score (nSPS) is 13.5. The fourth-order valence-electron chi connectivity index (χ4n) is 2.08. The summed E-state index contributed by atoms with van der Waals surface area (Å²) in [5.74, 6) is -2.62. The minimum absolute atomic E-state index is 0.417. The molecule has 3 N–H and O–H groups in total. The second-order valence-corrected chi connectivity index (χ2v) is 5.16. The van der Waals surface area contributed by atoms with Crippen molar-refractivity contribution in [2.45, 2.75) is 12.5 Å². The van der Waals surface area contributed by atoms with Crippen molar-refractivity contribution in [1.29, 1.82) is 0 Å². The Kier molecular flexibility index (Phi) is 4.14. The van der Waals surface area contributed by atoms with E-state index in [1.54, 1.807) is 18.2 Å². The topological polar surface area (TPSA) is 55.1 Å². The molecule has 0 aromatic heterocycles. The molecule has 0 aliphatic rings. The number of hydrogen-bond donors (Lipinski definition) is 2. The highest BCUT2D eigenvalue weighted by Gasteiger charge is 2.38. The zero-order valence-electron chi connectivity index (χ0n) is 11.2. The Morgan fingerprint density at radius 3 is 2.29 bits per heavy atom. The van der Waals surface area contributed by atoms with Crippen LogP contribution in [-0.2, 0) is 10.3 Å². The molecule has 2 aromatic carbocycles. The van der Waals surface area contributed by atoms with Gasteiger partial charge in [-0.3, -0.25) is 4.79 Å². The van der Waals surface area contributed by atoms with Gasteiger partial charge in [-0.1, -0.05) is 23.7 Å². The van der Waals surface area contributed by atoms with E-state index in [1.807, 2.05) is 0 Å². The third kappa shape index (κ3) is 2.97. The molecule has 1 amide bonds. The van der Waals surface area contributed by atoms with Crippen LogP contribution >= 0.6 is 11.6 Å². The lowest BCUT2D eigenvalue weighted by Crippen LogP contribution is -2.46. The van der Waals surface area contributed by atoms with E-state index in [1.165, 1.54) is 19.1 Å². The van der Waals surface area contributed by atoms with Gasteiger partial charge in [0, 0.05) is 10.7 Å². The molecule has 1 atom stereocenters. The van der Waals surface area contributed by atoms with Crippen molar-refractivity contribution in [2.75, 3.05) is 5.32 Å². The minimum Gasteiger partial charge on any atom is -0.368 e. The minimum atomic E-state index is -1.75. The van der Waals surface area contributed by atoms with Crippen LogP contribution in [0.3, 0.4) is 0 Å². The summed E-state index contributed by atoms with van der Waals surface area (Å²) >= 11 is 5.86. The molecule has 6 heteroatoms. The number of hydrogen-bond acceptors (Lipinski definition) is 2. The van der Waals surface area contributed by atoms with Gasteiger partial charge in [0.05, 0.1) is 5.56 Å². The second-order valence-electron chi connectivity index (χ2n) is 4.72. The van der Waals surface area contributed by atoms with Gasteiger partial charge in [0.2, 0.25) is 5.91 Å². The number of rotatable bonds is 4. The molecule has 3 nitrogen and oxygen atoms in total. The summed E-state index contributed by atoms with van der Waals surface area (Å²) < 4.78 is 27.9. The molecule has 0 bridgehead atoms. The number of nitrogens with one attached hydrogen (secondary N) is 1. The molecule has 0 saturated heterocycles. The molecule has 1 unspecified atom stereocenters. The van der Waals surface area contributed by atoms with Gasteiger partial charge in [-0.15, -0.1) is 0 Å². The molecule has 0 aliphatic heterocycles. The number of carbonyl (C=O) groups is 1. The van der Waals surface area contributed by atoms with E-state index >= 15 is 0 Å². The first-order valence-corrected chi connectivity index (χ1v) is 6.50. The molecule has 2 rings (SSSR count). The van der Waals surface area contributed by atoms with Gasteiger partial charge in [0.25, 0.3) is 0 Å². The van der Waals surface area contributed by atoms with Crippen molar-refractivity contribution in [2.24, 2.45) is 5.73 Å². The van der Waals surface area contributed by atoms with Gasteiger partial charge in [0.15, 0.2) is 0 Å². The van der Waals surface area contributed by atoms with Crippen molar-refractivity contribution < 1.29 is 13.6 Å². The van der Waals surface area contributed by atoms with Gasteiger partial charge in [-0.25, -0.2) is 8.78 Å². The number of primary amides is 1. The van der Waals surface area contributed by atoms with E-state index in [4.69, 9.17) is 17.3 Å². The standard InChI is InChI=1S/C15H13ClF2N2O/c1-15(14(19)21,13-11(17)6-3-7-12(13)18)20-10-5-2-4-9(16)8-10/h2-8,20H,1H3,(H2,19,21). The highest BCUT2D eigenvalue weighted by atomic mass is 35.5. The lowest BCUT2D eigenvalue weighted by Gasteiger charge is -2.29. The van der Waals surface area contributed by atoms with Crippen LogP contribution in [-0.4, -0.2) is 5.91 Å². The van der Waals surface area contributed by atoms with Crippen molar-refractivity contribution in [3.8, 4) is 0 Å². The summed E-state index contributed by atoms with van der Waals surface area (Å²) in [6.45, 7) is 1.32. The molecule has 21 heavy (non-hydrogen) atoms. The van der Waals surface area contributed by atoms with Gasteiger partial charge in [-0.2, -0.15) is 0 Å². The average Bonchev–Trinajstić information content (AvgIpc) is 2.38. The zero-order chi connectivity index (χ0) is 15.6. The highest BCUT2D eigenvalue weighted by molar-refractivity contribution is 6.30. The number of nitrogens with two attached hydrogens (primary N) is 1. The first-order valence-electron chi connectivity index (χ1n) is 6.13. The van der Waals surface area contributed by atoms with Crippen LogP contribution in [0.4, 0.5) is 14.5 Å². The quantitative estimate of drug-likeness (QED) is 0.909. The maximum atomic E-state index is 14.0. The first-order chi connectivity index (χ1) is 9.84. The second kappa shape index (κ2) is 5.69. The van der Waals surface area contributed by atoms with Crippen molar-refractivity contribution >= 4 is 23.2 Å². The fourth-order valence-corrected chi connectivity index (χ4v) is 2.27. The van der Waals surface area contributed by atoms with Crippen molar-refractivity contribution in [3.63, 3.8) is 0 Å². The van der Waals surface area contributed by atoms with E-state index in [-0.39, 0.29) is 0 Å². The van der Waals surface area contributed by atoms with E-state index in [9.17, 15) is 13.6 Å². The Morgan fingerprint density at radius 2 is 1.76 bits per heavy atom. The number of carbonyl (C=O) groups excluding carboxylic acids is 1. The largest absolute Gasteiger partial charge is 0.368 e. The Morgan fingerprint density at radius 1 is 1.19 bits per heavy atom. The predicted octanol–water partition coefficient (Wildman–Crippen LogP) is 3.43. The van der Waals surface area contributed by atoms with E-state index in [0.717, 1.165) is 12.1 Å². The molecular weight excluding hydrogens is 298 g/mol. The van der Waals surface area contributed by atoms with Crippen LogP contribution < -0.4 is 11.1 Å². The summed E-state index contributed by atoms with van der Waals surface area (Å²) in [5, 5.41) is 3.17.